The lowest BCUT2D eigenvalue weighted by Gasteiger charge is -2.17. The Kier molecular flexibility index (Phi) is 8.07. The average Bonchev–Trinajstić information content (AvgIpc) is 2.70. The summed E-state index contributed by atoms with van der Waals surface area (Å²) in [5, 5.41) is 10.5. The first kappa shape index (κ1) is 22.3. The highest BCUT2D eigenvalue weighted by atomic mass is 16.5. The molecule has 0 heterocycles. The standard InChI is InChI=1S/C19H22O6.C4H8/c1-11(13-7-8-14(21-2)19(25-6)17(13)20)12-9-15(22-3)18(24-5)16(10-12)23-4;1-2-4-3-1/h7-10,20H,1H2,2-6H3;1-4H2. The molecule has 6 heteroatoms. The van der Waals surface area contributed by atoms with Crippen molar-refractivity contribution in [2.75, 3.05) is 35.5 Å². The van der Waals surface area contributed by atoms with Crippen molar-refractivity contribution < 1.29 is 28.8 Å². The van der Waals surface area contributed by atoms with Crippen LogP contribution in [0.3, 0.4) is 0 Å². The van der Waals surface area contributed by atoms with Crippen LogP contribution in [0, 0.1) is 0 Å². The molecular weight excluding hydrogens is 372 g/mol. The average molecular weight is 402 g/mol. The maximum Gasteiger partial charge on any atom is 0.203 e. The van der Waals surface area contributed by atoms with E-state index >= 15 is 0 Å². The van der Waals surface area contributed by atoms with E-state index in [0.717, 1.165) is 0 Å². The molecule has 0 bridgehead atoms. The van der Waals surface area contributed by atoms with Crippen LogP contribution in [0.25, 0.3) is 5.57 Å². The van der Waals surface area contributed by atoms with E-state index in [1.165, 1.54) is 61.2 Å². The molecule has 1 fully saturated rings. The van der Waals surface area contributed by atoms with Crippen molar-refractivity contribution in [1.82, 2.24) is 0 Å². The molecule has 1 aliphatic rings. The Bertz CT molecular complexity index is 810. The second kappa shape index (κ2) is 10.5. The van der Waals surface area contributed by atoms with Crippen LogP contribution >= 0.6 is 0 Å². The Labute approximate surface area is 172 Å². The van der Waals surface area contributed by atoms with Crippen molar-refractivity contribution in [3.05, 3.63) is 42.0 Å². The number of benzene rings is 2. The maximum atomic E-state index is 10.5. The fourth-order valence-electron chi connectivity index (χ4n) is 2.81. The predicted octanol–water partition coefficient (Wildman–Crippen LogP) is 5.06. The van der Waals surface area contributed by atoms with Gasteiger partial charge in [0.15, 0.2) is 23.0 Å². The van der Waals surface area contributed by atoms with Crippen LogP contribution in [0.1, 0.15) is 36.8 Å². The van der Waals surface area contributed by atoms with E-state index < -0.39 is 0 Å². The smallest absolute Gasteiger partial charge is 0.203 e. The molecule has 0 atom stereocenters. The van der Waals surface area contributed by atoms with Crippen molar-refractivity contribution in [3.8, 4) is 34.5 Å². The quantitative estimate of drug-likeness (QED) is 0.698. The molecule has 0 aromatic heterocycles. The fourth-order valence-corrected chi connectivity index (χ4v) is 2.81. The van der Waals surface area contributed by atoms with Crippen LogP contribution < -0.4 is 23.7 Å². The summed E-state index contributed by atoms with van der Waals surface area (Å²) in [6, 6.07) is 6.94. The first-order valence-corrected chi connectivity index (χ1v) is 9.45. The number of hydrogen-bond donors (Lipinski definition) is 1. The van der Waals surface area contributed by atoms with Crippen LogP contribution in [0.5, 0.6) is 34.5 Å². The minimum atomic E-state index is -0.0550. The van der Waals surface area contributed by atoms with E-state index in [0.29, 0.717) is 39.7 Å². The minimum Gasteiger partial charge on any atom is -0.504 e. The second-order valence-corrected chi connectivity index (χ2v) is 6.50. The maximum absolute atomic E-state index is 10.5. The Morgan fingerprint density at radius 2 is 1.21 bits per heavy atom. The molecule has 0 aliphatic heterocycles. The van der Waals surface area contributed by atoms with Gasteiger partial charge in [0.1, 0.15) is 0 Å². The highest BCUT2D eigenvalue weighted by molar-refractivity contribution is 5.85. The molecule has 6 nitrogen and oxygen atoms in total. The van der Waals surface area contributed by atoms with E-state index in [2.05, 4.69) is 6.58 Å². The van der Waals surface area contributed by atoms with E-state index in [1.807, 2.05) is 0 Å². The summed E-state index contributed by atoms with van der Waals surface area (Å²) in [5.74, 6) is 2.10. The van der Waals surface area contributed by atoms with Crippen molar-refractivity contribution in [2.24, 2.45) is 0 Å². The molecule has 1 N–H and O–H groups in total. The van der Waals surface area contributed by atoms with Gasteiger partial charge >= 0.3 is 0 Å². The summed E-state index contributed by atoms with van der Waals surface area (Å²) < 4.78 is 26.5. The number of rotatable bonds is 7. The summed E-state index contributed by atoms with van der Waals surface area (Å²) in [5.41, 5.74) is 1.78. The van der Waals surface area contributed by atoms with Crippen molar-refractivity contribution in [3.63, 3.8) is 0 Å². The van der Waals surface area contributed by atoms with Crippen LogP contribution in [0.4, 0.5) is 0 Å². The van der Waals surface area contributed by atoms with Crippen LogP contribution in [-0.2, 0) is 0 Å². The van der Waals surface area contributed by atoms with Gasteiger partial charge in [-0.25, -0.2) is 0 Å². The molecule has 1 aliphatic carbocycles. The zero-order chi connectivity index (χ0) is 21.4. The Morgan fingerprint density at radius 3 is 1.59 bits per heavy atom. The van der Waals surface area contributed by atoms with Gasteiger partial charge in [-0.05, 0) is 35.4 Å². The molecule has 0 unspecified atom stereocenters. The Morgan fingerprint density at radius 1 is 0.724 bits per heavy atom. The number of phenolic OH excluding ortho intramolecular Hbond substituents is 1. The molecule has 29 heavy (non-hydrogen) atoms. The van der Waals surface area contributed by atoms with E-state index in [9.17, 15) is 5.11 Å². The fraction of sp³-hybridized carbons (Fsp3) is 0.391. The Balaban J connectivity index is 0.000000666. The highest BCUT2D eigenvalue weighted by Gasteiger charge is 2.20. The molecule has 2 aromatic rings. The van der Waals surface area contributed by atoms with E-state index in [1.54, 1.807) is 24.3 Å². The monoisotopic (exact) mass is 402 g/mol. The van der Waals surface area contributed by atoms with Gasteiger partial charge in [0.05, 0.1) is 35.5 Å². The summed E-state index contributed by atoms with van der Waals surface area (Å²) in [7, 11) is 7.58. The molecule has 2 aromatic carbocycles. The Hall–Kier alpha value is -3.02. The van der Waals surface area contributed by atoms with Gasteiger partial charge in [0, 0.05) is 5.56 Å². The van der Waals surface area contributed by atoms with E-state index in [4.69, 9.17) is 23.7 Å². The number of hydrogen-bond acceptors (Lipinski definition) is 6. The molecule has 0 radical (unpaired) electrons. The third-order valence-corrected chi connectivity index (χ3v) is 4.86. The minimum absolute atomic E-state index is 0.0550. The number of phenols is 1. The zero-order valence-corrected chi connectivity index (χ0v) is 17.8. The number of aromatic hydroxyl groups is 1. The molecule has 0 spiro atoms. The molecule has 3 rings (SSSR count). The van der Waals surface area contributed by atoms with Gasteiger partial charge in [-0.2, -0.15) is 0 Å². The molecule has 0 amide bonds. The third-order valence-electron chi connectivity index (χ3n) is 4.86. The lowest BCUT2D eigenvalue weighted by molar-refractivity contribution is 0.324. The summed E-state index contributed by atoms with van der Waals surface area (Å²) >= 11 is 0. The van der Waals surface area contributed by atoms with Gasteiger partial charge < -0.3 is 28.8 Å². The molecular formula is C23H30O6. The number of methoxy groups -OCH3 is 5. The van der Waals surface area contributed by atoms with Crippen LogP contribution in [-0.4, -0.2) is 40.7 Å². The lowest BCUT2D eigenvalue weighted by Crippen LogP contribution is -1.98. The summed E-state index contributed by atoms with van der Waals surface area (Å²) in [6.07, 6.45) is 6.00. The van der Waals surface area contributed by atoms with Crippen molar-refractivity contribution >= 4 is 5.57 Å². The highest BCUT2D eigenvalue weighted by Crippen LogP contribution is 2.45. The summed E-state index contributed by atoms with van der Waals surface area (Å²) in [6.45, 7) is 4.08. The lowest BCUT2D eigenvalue weighted by atomic mass is 9.97. The van der Waals surface area contributed by atoms with Crippen LogP contribution in [0.2, 0.25) is 0 Å². The van der Waals surface area contributed by atoms with Gasteiger partial charge in [-0.15, -0.1) is 0 Å². The first-order valence-electron chi connectivity index (χ1n) is 9.45. The van der Waals surface area contributed by atoms with E-state index in [-0.39, 0.29) is 11.5 Å². The molecule has 1 saturated carbocycles. The normalized spacial score (nSPS) is 12.0. The van der Waals surface area contributed by atoms with Crippen LogP contribution in [0.15, 0.2) is 30.8 Å². The SMILES string of the molecule is C1CCC1.C=C(c1cc(OC)c(OC)c(OC)c1)c1ccc(OC)c(OC)c1O. The zero-order valence-electron chi connectivity index (χ0n) is 17.8. The van der Waals surface area contributed by atoms with Crippen molar-refractivity contribution in [1.29, 1.82) is 0 Å². The second-order valence-electron chi connectivity index (χ2n) is 6.50. The van der Waals surface area contributed by atoms with Crippen molar-refractivity contribution in [2.45, 2.75) is 25.7 Å². The van der Waals surface area contributed by atoms with Gasteiger partial charge in [0.2, 0.25) is 11.5 Å². The molecule has 158 valence electrons. The largest absolute Gasteiger partial charge is 0.504 e. The van der Waals surface area contributed by atoms with Gasteiger partial charge in [0.25, 0.3) is 0 Å². The number of ether oxygens (including phenoxy) is 5. The van der Waals surface area contributed by atoms with Gasteiger partial charge in [-0.3, -0.25) is 0 Å². The summed E-state index contributed by atoms with van der Waals surface area (Å²) in [4.78, 5) is 0. The third kappa shape index (κ3) is 4.88. The first-order chi connectivity index (χ1) is 14.0. The topological polar surface area (TPSA) is 66.4 Å². The molecule has 0 saturated heterocycles. The van der Waals surface area contributed by atoms with Gasteiger partial charge in [-0.1, -0.05) is 32.3 Å². The predicted molar refractivity (Wildman–Crippen MR) is 114 cm³/mol.